The van der Waals surface area contributed by atoms with Crippen LogP contribution in [0, 0.1) is 6.92 Å². The molecule has 1 aliphatic rings. The van der Waals surface area contributed by atoms with Gasteiger partial charge >= 0.3 is 0 Å². The van der Waals surface area contributed by atoms with Gasteiger partial charge in [-0.1, -0.05) is 0 Å². The van der Waals surface area contributed by atoms with Crippen LogP contribution < -0.4 is 0 Å². The molecule has 0 aromatic carbocycles. The Hall–Kier alpha value is -1.50. The molecule has 8 heteroatoms. The number of hydrogen-bond donors (Lipinski definition) is 0. The molecule has 7 nitrogen and oxygen atoms in total. The number of piperidine rings is 1. The van der Waals surface area contributed by atoms with Crippen molar-refractivity contribution >= 4 is 16.1 Å². The van der Waals surface area contributed by atoms with Gasteiger partial charge in [0.05, 0.1) is 6.04 Å². The normalized spacial score (nSPS) is 17.9. The first kappa shape index (κ1) is 14.9. The quantitative estimate of drug-likeness (QED) is 0.605. The zero-order valence-electron chi connectivity index (χ0n) is 11.6. The highest BCUT2D eigenvalue weighted by Crippen LogP contribution is 2.21. The van der Waals surface area contributed by atoms with Crippen LogP contribution in [0.4, 0.5) is 0 Å². The first-order valence-electron chi connectivity index (χ1n) is 6.60. The summed E-state index contributed by atoms with van der Waals surface area (Å²) in [6.45, 7) is 5.12. The topological polar surface area (TPSA) is 84.6 Å². The van der Waals surface area contributed by atoms with Crippen molar-refractivity contribution < 1.29 is 13.2 Å². The Labute approximate surface area is 118 Å². The van der Waals surface area contributed by atoms with Gasteiger partial charge < -0.3 is 4.57 Å². The van der Waals surface area contributed by atoms with Crippen molar-refractivity contribution in [1.29, 1.82) is 0 Å². The largest absolute Gasteiger partial charge is 0.334 e. The smallest absolute Gasteiger partial charge is 0.262 e. The SMILES string of the molecule is CCn1cc(S(=O)(=O)N2CCC(N=C=O)CC2)nc1C. The van der Waals surface area contributed by atoms with Crippen LogP contribution in [0.25, 0.3) is 0 Å². The third kappa shape index (κ3) is 2.82. The van der Waals surface area contributed by atoms with Gasteiger partial charge in [0, 0.05) is 25.8 Å². The fourth-order valence-electron chi connectivity index (χ4n) is 2.34. The molecule has 0 radical (unpaired) electrons. The lowest BCUT2D eigenvalue weighted by Crippen LogP contribution is -2.39. The number of carbonyl (C=O) groups excluding carboxylic acids is 1. The van der Waals surface area contributed by atoms with E-state index in [9.17, 15) is 13.2 Å². The lowest BCUT2D eigenvalue weighted by molar-refractivity contribution is 0.319. The summed E-state index contributed by atoms with van der Waals surface area (Å²) in [5, 5.41) is 0.0918. The maximum atomic E-state index is 12.5. The summed E-state index contributed by atoms with van der Waals surface area (Å²) >= 11 is 0. The number of nitrogens with zero attached hydrogens (tertiary/aromatic N) is 4. The minimum atomic E-state index is -3.55. The molecule has 20 heavy (non-hydrogen) atoms. The third-order valence-corrected chi connectivity index (χ3v) is 5.33. The lowest BCUT2D eigenvalue weighted by Gasteiger charge is -2.27. The number of aryl methyl sites for hydroxylation is 2. The summed E-state index contributed by atoms with van der Waals surface area (Å²) in [6, 6.07) is -0.117. The Morgan fingerprint density at radius 3 is 2.60 bits per heavy atom. The van der Waals surface area contributed by atoms with Gasteiger partial charge in [0.25, 0.3) is 10.0 Å². The first-order chi connectivity index (χ1) is 9.48. The fraction of sp³-hybridized carbons (Fsp3) is 0.667. The highest BCUT2D eigenvalue weighted by molar-refractivity contribution is 7.89. The Kier molecular flexibility index (Phi) is 4.37. The molecular weight excluding hydrogens is 280 g/mol. The molecule has 0 amide bonds. The number of aliphatic imine (C=N–C) groups is 1. The second-order valence-corrected chi connectivity index (χ2v) is 6.65. The molecule has 0 aliphatic carbocycles. The second kappa shape index (κ2) is 5.87. The lowest BCUT2D eigenvalue weighted by atomic mass is 10.1. The van der Waals surface area contributed by atoms with Gasteiger partial charge in [-0.15, -0.1) is 0 Å². The van der Waals surface area contributed by atoms with Crippen molar-refractivity contribution in [1.82, 2.24) is 13.9 Å². The van der Waals surface area contributed by atoms with Crippen LogP contribution in [0.5, 0.6) is 0 Å². The average Bonchev–Trinajstić information content (AvgIpc) is 2.82. The van der Waals surface area contributed by atoms with Crippen LogP contribution in [-0.4, -0.2) is 47.5 Å². The van der Waals surface area contributed by atoms with Crippen molar-refractivity contribution in [3.8, 4) is 0 Å². The standard InChI is InChI=1S/C12H18N4O3S/c1-3-15-8-12(14-10(15)2)20(18,19)16-6-4-11(5-7-16)13-9-17/h8,11H,3-7H2,1-2H3. The molecule has 0 N–H and O–H groups in total. The second-order valence-electron chi connectivity index (χ2n) is 4.77. The number of rotatable bonds is 4. The van der Waals surface area contributed by atoms with Crippen LogP contribution in [0.15, 0.2) is 16.2 Å². The summed E-state index contributed by atoms with van der Waals surface area (Å²) in [6.07, 6.45) is 4.19. The van der Waals surface area contributed by atoms with Crippen molar-refractivity contribution in [2.75, 3.05) is 13.1 Å². The van der Waals surface area contributed by atoms with Gasteiger partial charge in [-0.3, -0.25) is 0 Å². The molecule has 110 valence electrons. The Bertz CT molecular complexity index is 623. The van der Waals surface area contributed by atoms with Gasteiger partial charge in [-0.05, 0) is 26.7 Å². The van der Waals surface area contributed by atoms with E-state index in [1.54, 1.807) is 17.7 Å². The van der Waals surface area contributed by atoms with Gasteiger partial charge in [0.15, 0.2) is 5.03 Å². The van der Waals surface area contributed by atoms with Crippen molar-refractivity contribution in [2.45, 2.75) is 44.3 Å². The van der Waals surface area contributed by atoms with Crippen LogP contribution in [0.2, 0.25) is 0 Å². The number of sulfonamides is 1. The van der Waals surface area contributed by atoms with Gasteiger partial charge in [-0.25, -0.2) is 23.2 Å². The van der Waals surface area contributed by atoms with Crippen LogP contribution in [0.1, 0.15) is 25.6 Å². The van der Waals surface area contributed by atoms with Crippen molar-refractivity contribution in [3.63, 3.8) is 0 Å². The molecular formula is C12H18N4O3S. The molecule has 2 rings (SSSR count). The van der Waals surface area contributed by atoms with Crippen LogP contribution in [-0.2, 0) is 21.4 Å². The van der Waals surface area contributed by atoms with Crippen LogP contribution >= 0.6 is 0 Å². The Balaban J connectivity index is 2.17. The summed E-state index contributed by atoms with van der Waals surface area (Å²) in [4.78, 5) is 18.0. The molecule has 0 saturated carbocycles. The molecule has 0 bridgehead atoms. The van der Waals surface area contributed by atoms with E-state index in [-0.39, 0.29) is 11.1 Å². The van der Waals surface area contributed by atoms with Crippen molar-refractivity contribution in [2.24, 2.45) is 4.99 Å². The molecule has 0 unspecified atom stereocenters. The maximum Gasteiger partial charge on any atom is 0.262 e. The summed E-state index contributed by atoms with van der Waals surface area (Å²) in [7, 11) is -3.55. The average molecular weight is 298 g/mol. The van der Waals surface area contributed by atoms with Crippen molar-refractivity contribution in [3.05, 3.63) is 12.0 Å². The van der Waals surface area contributed by atoms with Gasteiger partial charge in [-0.2, -0.15) is 4.31 Å². The highest BCUT2D eigenvalue weighted by atomic mass is 32.2. The molecule has 1 fully saturated rings. The summed E-state index contributed by atoms with van der Waals surface area (Å²) < 4.78 is 28.2. The predicted octanol–water partition coefficient (Wildman–Crippen LogP) is 0.700. The third-order valence-electron chi connectivity index (χ3n) is 3.56. The number of imidazole rings is 1. The highest BCUT2D eigenvalue weighted by Gasteiger charge is 2.31. The minimum Gasteiger partial charge on any atom is -0.334 e. The van der Waals surface area contributed by atoms with E-state index in [2.05, 4.69) is 9.98 Å². The number of isocyanates is 1. The molecule has 0 atom stereocenters. The molecule has 2 heterocycles. The van der Waals surface area contributed by atoms with E-state index < -0.39 is 10.0 Å². The molecule has 0 spiro atoms. The molecule has 1 aromatic heterocycles. The summed E-state index contributed by atoms with van der Waals surface area (Å²) in [5.74, 6) is 0.687. The molecule has 1 aliphatic heterocycles. The first-order valence-corrected chi connectivity index (χ1v) is 8.04. The van der Waals surface area contributed by atoms with E-state index in [4.69, 9.17) is 0 Å². The number of hydrogen-bond acceptors (Lipinski definition) is 5. The minimum absolute atomic E-state index is 0.0918. The Morgan fingerprint density at radius 1 is 1.45 bits per heavy atom. The number of aromatic nitrogens is 2. The predicted molar refractivity (Wildman–Crippen MR) is 72.5 cm³/mol. The molecule has 1 aromatic rings. The van der Waals surface area contributed by atoms with E-state index in [1.807, 2.05) is 6.92 Å². The van der Waals surface area contributed by atoms with E-state index in [0.29, 0.717) is 38.3 Å². The van der Waals surface area contributed by atoms with E-state index >= 15 is 0 Å². The molecule has 1 saturated heterocycles. The zero-order valence-corrected chi connectivity index (χ0v) is 12.4. The summed E-state index contributed by atoms with van der Waals surface area (Å²) in [5.41, 5.74) is 0. The zero-order chi connectivity index (χ0) is 14.8. The maximum absolute atomic E-state index is 12.5. The monoisotopic (exact) mass is 298 g/mol. The fourth-order valence-corrected chi connectivity index (χ4v) is 3.81. The van der Waals surface area contributed by atoms with Crippen LogP contribution in [0.3, 0.4) is 0 Å². The van der Waals surface area contributed by atoms with E-state index in [0.717, 1.165) is 0 Å². The van der Waals surface area contributed by atoms with E-state index in [1.165, 1.54) is 10.4 Å². The van der Waals surface area contributed by atoms with Gasteiger partial charge in [0.2, 0.25) is 6.08 Å². The van der Waals surface area contributed by atoms with Gasteiger partial charge in [0.1, 0.15) is 5.82 Å². The Morgan fingerprint density at radius 2 is 2.10 bits per heavy atom.